The summed E-state index contributed by atoms with van der Waals surface area (Å²) >= 11 is 4.82. The molecule has 0 amide bonds. The van der Waals surface area contributed by atoms with Crippen LogP contribution in [0.4, 0.5) is 0 Å². The van der Waals surface area contributed by atoms with Crippen molar-refractivity contribution in [2.75, 3.05) is 0 Å². The third-order valence-corrected chi connectivity index (χ3v) is 3.55. The van der Waals surface area contributed by atoms with Crippen molar-refractivity contribution in [2.24, 2.45) is 0 Å². The monoisotopic (exact) mass is 302 g/mol. The molecule has 0 spiro atoms. The third-order valence-electron chi connectivity index (χ3n) is 2.04. The van der Waals surface area contributed by atoms with Gasteiger partial charge in [0, 0.05) is 10.9 Å². The lowest BCUT2D eigenvalue weighted by Crippen LogP contribution is -2.17. The molecule has 2 rings (SSSR count). The molecule has 1 N–H and O–H groups in total. The van der Waals surface area contributed by atoms with Crippen molar-refractivity contribution >= 4 is 33.2 Å². The number of carbonyl (C=O) groups is 1. The summed E-state index contributed by atoms with van der Waals surface area (Å²) in [6, 6.07) is 1.06. The number of tetrazole rings is 1. The maximum absolute atomic E-state index is 10.9. The summed E-state index contributed by atoms with van der Waals surface area (Å²) in [6.45, 7) is 1.53. The maximum Gasteiger partial charge on any atom is 0.328 e. The van der Waals surface area contributed by atoms with E-state index in [9.17, 15) is 4.79 Å². The number of rotatable bonds is 3. The molecule has 0 aromatic carbocycles. The van der Waals surface area contributed by atoms with Crippen LogP contribution in [0.25, 0.3) is 11.4 Å². The van der Waals surface area contributed by atoms with Crippen LogP contribution in [0.1, 0.15) is 13.0 Å². The predicted molar refractivity (Wildman–Crippen MR) is 61.2 cm³/mol. The van der Waals surface area contributed by atoms with Gasteiger partial charge >= 0.3 is 5.97 Å². The van der Waals surface area contributed by atoms with Gasteiger partial charge in [0.05, 0.1) is 3.79 Å². The Labute approximate surface area is 103 Å². The normalized spacial score (nSPS) is 12.6. The van der Waals surface area contributed by atoms with Crippen molar-refractivity contribution in [2.45, 2.75) is 13.0 Å². The Morgan fingerprint density at radius 3 is 3.00 bits per heavy atom. The minimum absolute atomic E-state index is 0.455. The van der Waals surface area contributed by atoms with Gasteiger partial charge in [-0.3, -0.25) is 0 Å². The number of aromatic nitrogens is 4. The topological polar surface area (TPSA) is 80.9 Å². The van der Waals surface area contributed by atoms with E-state index in [-0.39, 0.29) is 0 Å². The lowest BCUT2D eigenvalue weighted by Gasteiger charge is -2.06. The zero-order chi connectivity index (χ0) is 11.7. The average molecular weight is 303 g/mol. The van der Waals surface area contributed by atoms with Crippen LogP contribution in [0.3, 0.4) is 0 Å². The molecule has 2 aromatic heterocycles. The van der Waals surface area contributed by atoms with E-state index in [1.54, 1.807) is 0 Å². The average Bonchev–Trinajstić information content (AvgIpc) is 2.83. The molecule has 2 heterocycles. The fourth-order valence-electron chi connectivity index (χ4n) is 1.18. The molecule has 0 fully saturated rings. The van der Waals surface area contributed by atoms with Gasteiger partial charge in [0.25, 0.3) is 0 Å². The molecular weight excluding hydrogens is 296 g/mol. The molecule has 0 bridgehead atoms. The number of hydrogen-bond donors (Lipinski definition) is 1. The summed E-state index contributed by atoms with van der Waals surface area (Å²) in [5.41, 5.74) is 0.801. The minimum Gasteiger partial charge on any atom is -0.480 e. The van der Waals surface area contributed by atoms with Gasteiger partial charge in [-0.05, 0) is 39.3 Å². The molecule has 8 heteroatoms. The largest absolute Gasteiger partial charge is 0.480 e. The number of aliphatic carboxylic acids is 1. The molecule has 2 aromatic rings. The van der Waals surface area contributed by atoms with Crippen LogP contribution in [-0.2, 0) is 4.79 Å². The van der Waals surface area contributed by atoms with Crippen LogP contribution in [0.5, 0.6) is 0 Å². The number of carboxylic acids is 1. The summed E-state index contributed by atoms with van der Waals surface area (Å²) in [5.74, 6) is -0.514. The number of carboxylic acid groups (broad SMARTS) is 1. The van der Waals surface area contributed by atoms with E-state index in [4.69, 9.17) is 5.11 Å². The van der Waals surface area contributed by atoms with Crippen LogP contribution in [-0.4, -0.2) is 31.3 Å². The molecule has 0 saturated heterocycles. The molecular formula is C8H7BrN4O2S. The van der Waals surface area contributed by atoms with Crippen molar-refractivity contribution in [1.29, 1.82) is 0 Å². The summed E-state index contributed by atoms with van der Waals surface area (Å²) in [4.78, 5) is 10.9. The highest BCUT2D eigenvalue weighted by molar-refractivity contribution is 9.11. The van der Waals surface area contributed by atoms with Crippen molar-refractivity contribution in [3.05, 3.63) is 15.2 Å². The molecule has 0 aliphatic rings. The fourth-order valence-corrected chi connectivity index (χ4v) is 2.31. The molecule has 0 aliphatic carbocycles. The zero-order valence-electron chi connectivity index (χ0n) is 8.16. The Hall–Kier alpha value is -1.28. The van der Waals surface area contributed by atoms with E-state index in [0.717, 1.165) is 9.35 Å². The lowest BCUT2D eigenvalue weighted by atomic mass is 10.3. The summed E-state index contributed by atoms with van der Waals surface area (Å²) in [6.07, 6.45) is 0. The van der Waals surface area contributed by atoms with Gasteiger partial charge in [-0.25, -0.2) is 9.48 Å². The predicted octanol–water partition coefficient (Wildman–Crippen LogP) is 1.81. The van der Waals surface area contributed by atoms with Gasteiger partial charge < -0.3 is 5.11 Å². The Morgan fingerprint density at radius 1 is 1.69 bits per heavy atom. The molecule has 0 saturated carbocycles. The highest BCUT2D eigenvalue weighted by Gasteiger charge is 2.20. The van der Waals surface area contributed by atoms with Gasteiger partial charge in [-0.1, -0.05) is 0 Å². The number of thiophene rings is 1. The molecule has 6 nitrogen and oxygen atoms in total. The second-order valence-electron chi connectivity index (χ2n) is 3.10. The molecule has 1 unspecified atom stereocenters. The first kappa shape index (κ1) is 11.2. The summed E-state index contributed by atoms with van der Waals surface area (Å²) in [7, 11) is 0. The van der Waals surface area contributed by atoms with Gasteiger partial charge in [-0.2, -0.15) is 0 Å². The minimum atomic E-state index is -0.970. The summed E-state index contributed by atoms with van der Waals surface area (Å²) in [5, 5.41) is 21.8. The van der Waals surface area contributed by atoms with Crippen LogP contribution >= 0.6 is 27.3 Å². The quantitative estimate of drug-likeness (QED) is 0.935. The first-order valence-corrected chi connectivity index (χ1v) is 6.02. The SMILES string of the molecule is CC(C(=O)O)n1nnnc1-c1csc(Br)c1. The van der Waals surface area contributed by atoms with Crippen molar-refractivity contribution in [3.63, 3.8) is 0 Å². The van der Waals surface area contributed by atoms with Crippen LogP contribution in [0.2, 0.25) is 0 Å². The smallest absolute Gasteiger partial charge is 0.328 e. The van der Waals surface area contributed by atoms with E-state index < -0.39 is 12.0 Å². The van der Waals surface area contributed by atoms with Gasteiger partial charge in [0.15, 0.2) is 11.9 Å². The maximum atomic E-state index is 10.9. The molecule has 0 radical (unpaired) electrons. The van der Waals surface area contributed by atoms with Crippen molar-refractivity contribution in [3.8, 4) is 11.4 Å². The van der Waals surface area contributed by atoms with E-state index in [0.29, 0.717) is 5.82 Å². The summed E-state index contributed by atoms with van der Waals surface area (Å²) < 4.78 is 2.23. The van der Waals surface area contributed by atoms with E-state index in [2.05, 4.69) is 31.5 Å². The first-order chi connectivity index (χ1) is 7.59. The van der Waals surface area contributed by atoms with E-state index >= 15 is 0 Å². The van der Waals surface area contributed by atoms with Crippen LogP contribution in [0, 0.1) is 0 Å². The number of nitrogens with zero attached hydrogens (tertiary/aromatic N) is 4. The number of halogens is 1. The Morgan fingerprint density at radius 2 is 2.44 bits per heavy atom. The Balaban J connectivity index is 2.43. The molecule has 1 atom stereocenters. The second-order valence-corrected chi connectivity index (χ2v) is 5.39. The molecule has 0 aliphatic heterocycles. The molecule has 84 valence electrons. The van der Waals surface area contributed by atoms with E-state index in [1.807, 2.05) is 11.4 Å². The second kappa shape index (κ2) is 4.30. The standard InChI is InChI=1S/C8H7BrN4O2S/c1-4(8(14)15)13-7(10-11-12-13)5-2-6(9)16-3-5/h2-4H,1H3,(H,14,15). The van der Waals surface area contributed by atoms with Crippen LogP contribution < -0.4 is 0 Å². The van der Waals surface area contributed by atoms with E-state index in [1.165, 1.54) is 22.9 Å². The molecule has 16 heavy (non-hydrogen) atoms. The fraction of sp³-hybridized carbons (Fsp3) is 0.250. The van der Waals surface area contributed by atoms with Gasteiger partial charge in [0.1, 0.15) is 0 Å². The third kappa shape index (κ3) is 1.98. The van der Waals surface area contributed by atoms with Gasteiger partial charge in [0.2, 0.25) is 0 Å². The Kier molecular flexibility index (Phi) is 3.01. The van der Waals surface area contributed by atoms with Crippen molar-refractivity contribution in [1.82, 2.24) is 20.2 Å². The Bertz CT molecular complexity index is 524. The van der Waals surface area contributed by atoms with Gasteiger partial charge in [-0.15, -0.1) is 16.4 Å². The lowest BCUT2D eigenvalue weighted by molar-refractivity contribution is -0.140. The highest BCUT2D eigenvalue weighted by atomic mass is 79.9. The van der Waals surface area contributed by atoms with Crippen molar-refractivity contribution < 1.29 is 9.90 Å². The zero-order valence-corrected chi connectivity index (χ0v) is 10.6. The first-order valence-electron chi connectivity index (χ1n) is 4.34. The number of hydrogen-bond acceptors (Lipinski definition) is 5. The highest BCUT2D eigenvalue weighted by Crippen LogP contribution is 2.28. The van der Waals surface area contributed by atoms with Crippen LogP contribution in [0.15, 0.2) is 15.2 Å².